The molecule has 5 aliphatic rings. The number of phenolic OH excluding ortho intramolecular Hbond substituents is 2. The smallest absolute Gasteiger partial charge is 0.407 e. The molecule has 3 aliphatic heterocycles. The lowest BCUT2D eigenvalue weighted by atomic mass is 9.61. The summed E-state index contributed by atoms with van der Waals surface area (Å²) in [6.07, 6.45) is 1.77. The number of esters is 1. The van der Waals surface area contributed by atoms with Gasteiger partial charge in [0.25, 0.3) is 5.56 Å². The number of rotatable bonds is 7. The number of likely N-dealkylation sites (tertiary alicyclic amines) is 1. The SMILES string of the molecule is CC.CO.Cc1c(F)cc2nc3c(c4c2c1CCC4NC(=O)OC1CC2(C1)CN(Cc1ccc(-n4cnnc4-c4cc(C(C)C)c(O)cc4O)cc1)C2)Cn1c-3cc2c(c1=O)COC(=O)C2O. The second-order valence-electron chi connectivity index (χ2n) is 18.2. The molecule has 1 saturated heterocycles. The van der Waals surface area contributed by atoms with Gasteiger partial charge in [-0.1, -0.05) is 39.8 Å². The summed E-state index contributed by atoms with van der Waals surface area (Å²) in [4.78, 5) is 46.8. The summed E-state index contributed by atoms with van der Waals surface area (Å²) < 4.78 is 29.7. The van der Waals surface area contributed by atoms with Gasteiger partial charge in [0.15, 0.2) is 11.9 Å². The van der Waals surface area contributed by atoms with Crippen LogP contribution >= 0.6 is 0 Å². The lowest BCUT2D eigenvalue weighted by Crippen LogP contribution is -2.63. The van der Waals surface area contributed by atoms with Crippen LogP contribution in [0.25, 0.3) is 39.4 Å². The van der Waals surface area contributed by atoms with Crippen LogP contribution in [0.1, 0.15) is 110 Å². The van der Waals surface area contributed by atoms with E-state index in [1.807, 2.05) is 44.4 Å². The van der Waals surface area contributed by atoms with E-state index in [1.54, 1.807) is 30.0 Å². The first-order valence-corrected chi connectivity index (χ1v) is 22.7. The maximum absolute atomic E-state index is 15.3. The highest BCUT2D eigenvalue weighted by molar-refractivity contribution is 5.93. The third-order valence-corrected chi connectivity index (χ3v) is 13.8. The molecular weight excluding hydrogens is 862 g/mol. The number of aliphatic hydroxyl groups is 2. The molecule has 5 N–H and O–H groups in total. The van der Waals surface area contributed by atoms with Gasteiger partial charge >= 0.3 is 12.1 Å². The molecule has 2 atom stereocenters. The number of amides is 1. The minimum atomic E-state index is -1.60. The maximum Gasteiger partial charge on any atom is 0.407 e. The molecule has 6 aromatic rings. The normalized spacial score (nSPS) is 18.6. The van der Waals surface area contributed by atoms with E-state index in [4.69, 9.17) is 19.6 Å². The van der Waals surface area contributed by atoms with Gasteiger partial charge in [0.05, 0.1) is 40.6 Å². The van der Waals surface area contributed by atoms with Gasteiger partial charge in [-0.2, -0.15) is 0 Å². The summed E-state index contributed by atoms with van der Waals surface area (Å²) in [5, 5.41) is 50.9. The number of cyclic esters (lactones) is 1. The molecule has 67 heavy (non-hydrogen) atoms. The number of carbonyl (C=O) groups excluding carboxylic acids is 2. The average molecular weight is 916 g/mol. The minimum absolute atomic E-state index is 0.0376. The number of pyridine rings is 2. The molecule has 11 rings (SSSR count). The van der Waals surface area contributed by atoms with Gasteiger partial charge in [0.2, 0.25) is 0 Å². The summed E-state index contributed by atoms with van der Waals surface area (Å²) in [6, 6.07) is 13.7. The monoisotopic (exact) mass is 915 g/mol. The number of carbonyl (C=O) groups is 2. The summed E-state index contributed by atoms with van der Waals surface area (Å²) in [5.74, 6) is -0.741. The number of aryl methyl sites for hydroxylation is 1. The van der Waals surface area contributed by atoms with E-state index in [2.05, 4.69) is 32.5 Å². The van der Waals surface area contributed by atoms with E-state index in [9.17, 15) is 29.7 Å². The van der Waals surface area contributed by atoms with Gasteiger partial charge in [-0.25, -0.2) is 19.0 Å². The van der Waals surface area contributed by atoms with Crippen molar-refractivity contribution in [2.75, 3.05) is 20.2 Å². The Morgan fingerprint density at radius 1 is 1.01 bits per heavy atom. The highest BCUT2D eigenvalue weighted by Gasteiger charge is 2.53. The maximum atomic E-state index is 15.3. The zero-order chi connectivity index (χ0) is 47.6. The number of aromatic nitrogens is 5. The van der Waals surface area contributed by atoms with Crippen molar-refractivity contribution in [1.82, 2.24) is 34.5 Å². The molecule has 2 fully saturated rings. The molecule has 2 unspecified atom stereocenters. The lowest BCUT2D eigenvalue weighted by Gasteiger charge is -2.58. The predicted molar refractivity (Wildman–Crippen MR) is 245 cm³/mol. The number of alkyl carbamates (subject to hydrolysis) is 1. The topological polar surface area (TPSA) is 214 Å². The Kier molecular flexibility index (Phi) is 11.9. The van der Waals surface area contributed by atoms with Crippen molar-refractivity contribution in [3.63, 3.8) is 0 Å². The molecule has 17 heteroatoms. The Morgan fingerprint density at radius 2 is 1.75 bits per heavy atom. The van der Waals surface area contributed by atoms with E-state index < -0.39 is 29.8 Å². The molecule has 16 nitrogen and oxygen atoms in total. The van der Waals surface area contributed by atoms with Crippen molar-refractivity contribution in [3.8, 4) is 40.0 Å². The lowest BCUT2D eigenvalue weighted by molar-refractivity contribution is -0.157. The molecule has 3 aromatic carbocycles. The quantitative estimate of drug-likeness (QED) is 0.105. The van der Waals surface area contributed by atoms with Gasteiger partial charge in [0, 0.05) is 66.5 Å². The van der Waals surface area contributed by atoms with Crippen molar-refractivity contribution >= 4 is 23.0 Å². The van der Waals surface area contributed by atoms with Crippen LogP contribution in [0.2, 0.25) is 0 Å². The molecular formula is C50H54FN7O9. The van der Waals surface area contributed by atoms with E-state index in [1.165, 1.54) is 12.1 Å². The first-order valence-electron chi connectivity index (χ1n) is 22.7. The van der Waals surface area contributed by atoms with Crippen molar-refractivity contribution in [1.29, 1.82) is 0 Å². The van der Waals surface area contributed by atoms with E-state index in [0.717, 1.165) is 72.9 Å². The Hall–Kier alpha value is -6.69. The van der Waals surface area contributed by atoms with Gasteiger partial charge in [-0.15, -0.1) is 10.2 Å². The Bertz CT molecular complexity index is 3010. The fourth-order valence-corrected chi connectivity index (χ4v) is 10.7. The first-order chi connectivity index (χ1) is 32.3. The number of nitrogens with zero attached hydrogens (tertiary/aromatic N) is 6. The number of aromatic hydroxyl groups is 2. The molecule has 350 valence electrons. The summed E-state index contributed by atoms with van der Waals surface area (Å²) >= 11 is 0. The number of ether oxygens (including phenoxy) is 2. The van der Waals surface area contributed by atoms with Gasteiger partial charge < -0.3 is 39.8 Å². The molecule has 1 saturated carbocycles. The fraction of sp³-hybridized carbons (Fsp3) is 0.400. The largest absolute Gasteiger partial charge is 0.508 e. The van der Waals surface area contributed by atoms with E-state index in [-0.39, 0.29) is 59.0 Å². The van der Waals surface area contributed by atoms with Crippen molar-refractivity contribution in [3.05, 3.63) is 116 Å². The Morgan fingerprint density at radius 3 is 2.46 bits per heavy atom. The van der Waals surface area contributed by atoms with E-state index >= 15 is 4.39 Å². The van der Waals surface area contributed by atoms with Crippen molar-refractivity contribution in [2.45, 2.75) is 104 Å². The molecule has 3 aromatic heterocycles. The Labute approximate surface area is 385 Å². The van der Waals surface area contributed by atoms with Crippen molar-refractivity contribution < 1.29 is 43.9 Å². The van der Waals surface area contributed by atoms with Crippen LogP contribution in [0.15, 0.2) is 59.7 Å². The number of phenols is 2. The number of hydrogen-bond acceptors (Lipinski definition) is 13. The molecule has 2 aliphatic carbocycles. The zero-order valence-corrected chi connectivity index (χ0v) is 38.3. The number of nitrogens with one attached hydrogen (secondary N) is 1. The van der Waals surface area contributed by atoms with E-state index in [0.29, 0.717) is 52.3 Å². The second-order valence-corrected chi connectivity index (χ2v) is 18.2. The van der Waals surface area contributed by atoms with Crippen LogP contribution in [0.4, 0.5) is 9.18 Å². The molecule has 1 spiro atoms. The summed E-state index contributed by atoms with van der Waals surface area (Å²) in [7, 11) is 1.00. The van der Waals surface area contributed by atoms with Crippen molar-refractivity contribution in [2.24, 2.45) is 5.41 Å². The second kappa shape index (κ2) is 17.5. The molecule has 0 bridgehead atoms. The van der Waals surface area contributed by atoms with Crippen LogP contribution in [-0.4, -0.2) is 88.0 Å². The number of halogens is 1. The van der Waals surface area contributed by atoms with Crippen LogP contribution in [0.3, 0.4) is 0 Å². The zero-order valence-electron chi connectivity index (χ0n) is 38.3. The van der Waals surface area contributed by atoms with Crippen LogP contribution in [-0.2, 0) is 40.4 Å². The highest BCUT2D eigenvalue weighted by atomic mass is 19.1. The first kappa shape index (κ1) is 45.5. The number of hydrogen-bond donors (Lipinski definition) is 5. The minimum Gasteiger partial charge on any atom is -0.508 e. The third-order valence-electron chi connectivity index (χ3n) is 13.8. The van der Waals surface area contributed by atoms with Crippen LogP contribution in [0, 0.1) is 18.2 Å². The third kappa shape index (κ3) is 7.68. The number of aliphatic hydroxyl groups excluding tert-OH is 2. The fourth-order valence-electron chi connectivity index (χ4n) is 10.7. The summed E-state index contributed by atoms with van der Waals surface area (Å²) in [5.41, 5.74) is 7.35. The number of benzene rings is 3. The van der Waals surface area contributed by atoms with Gasteiger partial charge in [-0.05, 0) is 90.6 Å². The molecule has 6 heterocycles. The Balaban J connectivity index is 0.00000137. The predicted octanol–water partition coefficient (Wildman–Crippen LogP) is 6.76. The highest BCUT2D eigenvalue weighted by Crippen LogP contribution is 2.51. The molecule has 0 radical (unpaired) electrons. The van der Waals surface area contributed by atoms with Crippen LogP contribution < -0.4 is 10.9 Å². The van der Waals surface area contributed by atoms with Gasteiger partial charge in [0.1, 0.15) is 36.4 Å². The molecule has 1 amide bonds. The van der Waals surface area contributed by atoms with Crippen LogP contribution in [0.5, 0.6) is 11.5 Å². The van der Waals surface area contributed by atoms with Gasteiger partial charge in [-0.3, -0.25) is 14.3 Å². The standard InChI is InChI=1S/C47H44FN7O8.C2H6.CH4O/c1-22(2)28-10-30(38(57)13-37(28)56)43-52-49-21-55(43)25-6-4-24(5-7-25)16-53-19-47(20-53)14-26(15-47)63-46(61)51-34-9-8-27-23(3)33(48)12-35-39(27)40(34)31-17-54-36(41(31)50-35)11-29-32(44(54)59)18-62-45(60)42(29)58;2*1-2/h4-7,10-13,21-22,26,34,42,56-58H,8-9,14-20H2,1-3H3,(H,51,61);1-2H3;2H,1H3. The number of fused-ring (bicyclic) bond motifs is 5. The average Bonchev–Trinajstić information content (AvgIpc) is 3.93. The summed E-state index contributed by atoms with van der Waals surface area (Å²) in [6.45, 7) is 12.1.